The molecule has 1 saturated carbocycles. The Kier molecular flexibility index (Phi) is 1.13. The predicted octanol–water partition coefficient (Wildman–Crippen LogP) is -0.444. The molecule has 0 atom stereocenters. The fraction of sp³-hybridized carbons (Fsp3) is 0.571. The molecule has 0 spiro atoms. The van der Waals surface area contributed by atoms with E-state index in [0.717, 1.165) is 5.92 Å². The zero-order valence-electron chi connectivity index (χ0n) is 6.46. The number of hydrogen-bond acceptors (Lipinski definition) is 1. The summed E-state index contributed by atoms with van der Waals surface area (Å²) >= 11 is 0. The summed E-state index contributed by atoms with van der Waals surface area (Å²) < 4.78 is 1.95. The van der Waals surface area contributed by atoms with E-state index in [-0.39, 0.29) is 0 Å². The van der Waals surface area contributed by atoms with E-state index < -0.39 is 0 Å². The molecule has 1 aliphatic rings. The number of aryl methyl sites for hydroxylation is 1. The minimum absolute atomic E-state index is 0.792. The van der Waals surface area contributed by atoms with Crippen LogP contribution in [0.15, 0.2) is 6.07 Å². The van der Waals surface area contributed by atoms with Gasteiger partial charge in [-0.2, -0.15) is 5.10 Å². The van der Waals surface area contributed by atoms with Gasteiger partial charge in [0.15, 0.2) is 7.85 Å². The van der Waals surface area contributed by atoms with Crippen molar-refractivity contribution in [3.8, 4) is 0 Å². The summed E-state index contributed by atoms with van der Waals surface area (Å²) in [5.41, 5.74) is 2.56. The zero-order valence-corrected chi connectivity index (χ0v) is 6.46. The molecule has 0 radical (unpaired) electrons. The first-order valence-corrected chi connectivity index (χ1v) is 3.78. The highest BCUT2D eigenvalue weighted by atomic mass is 15.3. The Bertz CT molecular complexity index is 231. The highest BCUT2D eigenvalue weighted by Gasteiger charge is 2.25. The first-order valence-electron chi connectivity index (χ1n) is 3.78. The molecule has 52 valence electrons. The number of hydrogen-bond donors (Lipinski definition) is 0. The molecular weight excluding hydrogens is 123 g/mol. The molecular formula is C7H11BN2. The van der Waals surface area contributed by atoms with Gasteiger partial charge < -0.3 is 0 Å². The molecule has 1 aliphatic carbocycles. The second-order valence-corrected chi connectivity index (χ2v) is 3.11. The highest BCUT2D eigenvalue weighted by molar-refractivity contribution is 6.30. The van der Waals surface area contributed by atoms with Crippen LogP contribution in [0, 0.1) is 0 Å². The van der Waals surface area contributed by atoms with Crippen molar-refractivity contribution < 1.29 is 0 Å². The van der Waals surface area contributed by atoms with Crippen LogP contribution < -0.4 is 5.59 Å². The summed E-state index contributed by atoms with van der Waals surface area (Å²) in [5.74, 6) is 0.792. The van der Waals surface area contributed by atoms with Gasteiger partial charge in [-0.1, -0.05) is 0 Å². The predicted molar refractivity (Wildman–Crippen MR) is 43.4 cm³/mol. The van der Waals surface area contributed by atoms with E-state index in [4.69, 9.17) is 0 Å². The summed E-state index contributed by atoms with van der Waals surface area (Å²) in [7, 11) is 4.10. The molecule has 0 amide bonds. The van der Waals surface area contributed by atoms with Crippen molar-refractivity contribution in [2.45, 2.75) is 18.8 Å². The van der Waals surface area contributed by atoms with Crippen molar-refractivity contribution >= 4 is 13.4 Å². The van der Waals surface area contributed by atoms with Crippen molar-refractivity contribution in [2.75, 3.05) is 0 Å². The molecule has 0 unspecified atom stereocenters. The molecule has 1 aromatic rings. The Labute approximate surface area is 61.6 Å². The van der Waals surface area contributed by atoms with Crippen molar-refractivity contribution in [3.05, 3.63) is 11.8 Å². The van der Waals surface area contributed by atoms with E-state index in [9.17, 15) is 0 Å². The Balaban J connectivity index is 2.34. The van der Waals surface area contributed by atoms with Crippen LogP contribution in [-0.2, 0) is 7.05 Å². The Morgan fingerprint density at radius 1 is 1.70 bits per heavy atom. The molecule has 0 aliphatic heterocycles. The van der Waals surface area contributed by atoms with Gasteiger partial charge in [0.1, 0.15) is 0 Å². The topological polar surface area (TPSA) is 17.8 Å². The molecule has 2 rings (SSSR count). The van der Waals surface area contributed by atoms with Crippen LogP contribution in [0.4, 0.5) is 0 Å². The SMILES string of the molecule is Bc1cc(C2CC2)nn1C. The lowest BCUT2D eigenvalue weighted by Gasteiger charge is -1.89. The molecule has 2 nitrogen and oxygen atoms in total. The van der Waals surface area contributed by atoms with Crippen LogP contribution >= 0.6 is 0 Å². The van der Waals surface area contributed by atoms with Crippen LogP contribution in [0.3, 0.4) is 0 Å². The first-order chi connectivity index (χ1) is 4.77. The third-order valence-corrected chi connectivity index (χ3v) is 2.13. The quantitative estimate of drug-likeness (QED) is 0.476. The minimum Gasteiger partial charge on any atom is -0.282 e. The van der Waals surface area contributed by atoms with Gasteiger partial charge in [0.25, 0.3) is 0 Å². The van der Waals surface area contributed by atoms with Crippen molar-refractivity contribution in [1.29, 1.82) is 0 Å². The third kappa shape index (κ3) is 0.858. The summed E-state index contributed by atoms with van der Waals surface area (Å²) in [5, 5.41) is 4.39. The smallest absolute Gasteiger partial charge is 0.163 e. The molecule has 10 heavy (non-hydrogen) atoms. The van der Waals surface area contributed by atoms with E-state index >= 15 is 0 Å². The molecule has 1 aromatic heterocycles. The lowest BCUT2D eigenvalue weighted by atomic mass is 10.0. The van der Waals surface area contributed by atoms with Gasteiger partial charge in [-0.15, -0.1) is 0 Å². The van der Waals surface area contributed by atoms with Crippen molar-refractivity contribution in [2.24, 2.45) is 7.05 Å². The van der Waals surface area contributed by atoms with E-state index in [1.54, 1.807) is 0 Å². The molecule has 0 N–H and O–H groups in total. The van der Waals surface area contributed by atoms with Crippen LogP contribution in [-0.4, -0.2) is 17.6 Å². The molecule has 0 saturated heterocycles. The zero-order chi connectivity index (χ0) is 7.14. The maximum atomic E-state index is 4.39. The maximum Gasteiger partial charge on any atom is 0.163 e. The van der Waals surface area contributed by atoms with Gasteiger partial charge in [0, 0.05) is 13.0 Å². The molecule has 1 fully saturated rings. The van der Waals surface area contributed by atoms with Crippen LogP contribution in [0.1, 0.15) is 24.5 Å². The molecule has 0 bridgehead atoms. The monoisotopic (exact) mass is 134 g/mol. The largest absolute Gasteiger partial charge is 0.282 e. The maximum absolute atomic E-state index is 4.39. The van der Waals surface area contributed by atoms with E-state index in [0.29, 0.717) is 0 Å². The normalized spacial score (nSPS) is 17.7. The van der Waals surface area contributed by atoms with Gasteiger partial charge >= 0.3 is 0 Å². The van der Waals surface area contributed by atoms with Gasteiger partial charge in [0.05, 0.1) is 5.69 Å². The van der Waals surface area contributed by atoms with Crippen LogP contribution in [0.5, 0.6) is 0 Å². The lowest BCUT2D eigenvalue weighted by Crippen LogP contribution is -2.13. The van der Waals surface area contributed by atoms with Gasteiger partial charge in [-0.3, -0.25) is 4.68 Å². The minimum atomic E-state index is 0.792. The van der Waals surface area contributed by atoms with Crippen LogP contribution in [0.25, 0.3) is 0 Å². The van der Waals surface area contributed by atoms with Crippen molar-refractivity contribution in [3.63, 3.8) is 0 Å². The summed E-state index contributed by atoms with van der Waals surface area (Å²) in [4.78, 5) is 0. The first kappa shape index (κ1) is 6.02. The summed E-state index contributed by atoms with van der Waals surface area (Å²) in [6.45, 7) is 0. The Morgan fingerprint density at radius 3 is 2.80 bits per heavy atom. The van der Waals surface area contributed by atoms with E-state index in [2.05, 4.69) is 19.0 Å². The summed E-state index contributed by atoms with van der Waals surface area (Å²) in [6, 6.07) is 2.19. The molecule has 0 aromatic carbocycles. The molecule has 3 heteroatoms. The van der Waals surface area contributed by atoms with Crippen molar-refractivity contribution in [1.82, 2.24) is 9.78 Å². The Hall–Kier alpha value is -0.725. The average Bonchev–Trinajstić information content (AvgIpc) is 2.64. The number of aromatic nitrogens is 2. The average molecular weight is 134 g/mol. The van der Waals surface area contributed by atoms with Gasteiger partial charge in [0.2, 0.25) is 0 Å². The van der Waals surface area contributed by atoms with E-state index in [1.807, 2.05) is 11.7 Å². The fourth-order valence-corrected chi connectivity index (χ4v) is 1.17. The van der Waals surface area contributed by atoms with Gasteiger partial charge in [-0.25, -0.2) is 0 Å². The third-order valence-electron chi connectivity index (χ3n) is 2.13. The standard InChI is InChI=1S/C7H11BN2/c1-10-7(8)4-6(9-10)5-2-3-5/h4-5H,2-3,8H2,1H3. The highest BCUT2D eigenvalue weighted by Crippen LogP contribution is 2.38. The number of nitrogens with zero attached hydrogens (tertiary/aromatic N) is 2. The second kappa shape index (κ2) is 1.88. The molecule has 1 heterocycles. The summed E-state index contributed by atoms with van der Waals surface area (Å²) in [6.07, 6.45) is 2.69. The lowest BCUT2D eigenvalue weighted by molar-refractivity contribution is 0.761. The fourth-order valence-electron chi connectivity index (χ4n) is 1.17. The van der Waals surface area contributed by atoms with Gasteiger partial charge in [-0.05, 0) is 24.5 Å². The van der Waals surface area contributed by atoms with E-state index in [1.165, 1.54) is 24.1 Å². The Morgan fingerprint density at radius 2 is 2.40 bits per heavy atom. The van der Waals surface area contributed by atoms with Crippen LogP contribution in [0.2, 0.25) is 0 Å². The number of rotatable bonds is 1. The second-order valence-electron chi connectivity index (χ2n) is 3.11.